The molecule has 4 rings (SSSR count). The van der Waals surface area contributed by atoms with Gasteiger partial charge in [-0.1, -0.05) is 6.42 Å². The molecule has 0 atom stereocenters. The van der Waals surface area contributed by atoms with Crippen molar-refractivity contribution < 1.29 is 9.52 Å². The first-order valence-corrected chi connectivity index (χ1v) is 8.95. The summed E-state index contributed by atoms with van der Waals surface area (Å²) in [6.07, 6.45) is 8.61. The molecule has 0 radical (unpaired) electrons. The maximum absolute atomic E-state index is 9.54. The fourth-order valence-electron chi connectivity index (χ4n) is 4.16. The number of aromatic hydroxyl groups is 1. The van der Waals surface area contributed by atoms with Crippen LogP contribution in [0.25, 0.3) is 11.0 Å². The van der Waals surface area contributed by atoms with Gasteiger partial charge in [-0.2, -0.15) is 0 Å². The summed E-state index contributed by atoms with van der Waals surface area (Å²) in [5.41, 5.74) is 2.01. The molecule has 3 heterocycles. The molecule has 23 heavy (non-hydrogen) atoms. The van der Waals surface area contributed by atoms with Crippen LogP contribution in [0.1, 0.15) is 37.7 Å². The van der Waals surface area contributed by atoms with Crippen LogP contribution in [0.3, 0.4) is 0 Å². The van der Waals surface area contributed by atoms with E-state index in [1.54, 1.807) is 12.1 Å². The summed E-state index contributed by atoms with van der Waals surface area (Å²) in [6.45, 7) is 5.91. The average molecular weight is 314 g/mol. The topological polar surface area (TPSA) is 39.9 Å². The summed E-state index contributed by atoms with van der Waals surface area (Å²) in [6, 6.07) is 6.19. The van der Waals surface area contributed by atoms with Gasteiger partial charge in [0, 0.05) is 29.6 Å². The molecule has 2 aromatic rings. The molecule has 4 heteroatoms. The van der Waals surface area contributed by atoms with Crippen LogP contribution in [0.5, 0.6) is 5.75 Å². The molecular weight excluding hydrogens is 288 g/mol. The first-order chi connectivity index (χ1) is 11.3. The Morgan fingerprint density at radius 3 is 2.61 bits per heavy atom. The lowest BCUT2D eigenvalue weighted by molar-refractivity contribution is 0.0897. The highest BCUT2D eigenvalue weighted by molar-refractivity contribution is 5.82. The number of phenolic OH excluding ortho intramolecular Hbond substituents is 1. The zero-order valence-electron chi connectivity index (χ0n) is 13.7. The zero-order valence-corrected chi connectivity index (χ0v) is 13.7. The summed E-state index contributed by atoms with van der Waals surface area (Å²) >= 11 is 0. The summed E-state index contributed by atoms with van der Waals surface area (Å²) in [5, 5.41) is 10.7. The van der Waals surface area contributed by atoms with E-state index < -0.39 is 0 Å². The Bertz CT molecular complexity index is 652. The molecular formula is C19H26N2O2. The lowest BCUT2D eigenvalue weighted by Gasteiger charge is -2.40. The van der Waals surface area contributed by atoms with Crippen LogP contribution >= 0.6 is 0 Å². The monoisotopic (exact) mass is 314 g/mol. The summed E-state index contributed by atoms with van der Waals surface area (Å²) in [4.78, 5) is 5.26. The Morgan fingerprint density at radius 2 is 1.83 bits per heavy atom. The van der Waals surface area contributed by atoms with Gasteiger partial charge in [0.05, 0.1) is 6.26 Å². The van der Waals surface area contributed by atoms with Crippen molar-refractivity contribution >= 4 is 11.0 Å². The van der Waals surface area contributed by atoms with Crippen molar-refractivity contribution in [1.82, 2.24) is 9.80 Å². The van der Waals surface area contributed by atoms with E-state index in [2.05, 4.69) is 9.80 Å². The van der Waals surface area contributed by atoms with Crippen molar-refractivity contribution in [2.24, 2.45) is 0 Å². The summed E-state index contributed by atoms with van der Waals surface area (Å²) in [7, 11) is 0. The molecule has 2 aliphatic rings. The van der Waals surface area contributed by atoms with Crippen molar-refractivity contribution in [2.75, 3.05) is 26.2 Å². The zero-order chi connectivity index (χ0) is 15.6. The van der Waals surface area contributed by atoms with E-state index in [1.807, 2.05) is 12.3 Å². The second-order valence-corrected chi connectivity index (χ2v) is 7.05. The van der Waals surface area contributed by atoms with Crippen LogP contribution in [0.4, 0.5) is 0 Å². The third-order valence-corrected chi connectivity index (χ3v) is 5.50. The molecule has 0 spiro atoms. The third kappa shape index (κ3) is 3.24. The van der Waals surface area contributed by atoms with Gasteiger partial charge in [0.15, 0.2) is 0 Å². The van der Waals surface area contributed by atoms with Crippen molar-refractivity contribution in [3.63, 3.8) is 0 Å². The Balaban J connectivity index is 1.37. The van der Waals surface area contributed by atoms with Gasteiger partial charge in [-0.3, -0.25) is 4.90 Å². The van der Waals surface area contributed by atoms with Crippen LogP contribution in [-0.4, -0.2) is 47.1 Å². The van der Waals surface area contributed by atoms with Gasteiger partial charge in [0.2, 0.25) is 0 Å². The SMILES string of the molecule is Oc1ccc2c(CN3CCC(N4CCCCC4)CC3)coc2c1. The highest BCUT2D eigenvalue weighted by Gasteiger charge is 2.25. The number of fused-ring (bicyclic) bond motifs is 1. The van der Waals surface area contributed by atoms with Crippen molar-refractivity contribution in [2.45, 2.75) is 44.7 Å². The number of furan rings is 1. The van der Waals surface area contributed by atoms with Gasteiger partial charge in [0.1, 0.15) is 11.3 Å². The molecule has 4 nitrogen and oxygen atoms in total. The quantitative estimate of drug-likeness (QED) is 0.940. The fourth-order valence-corrected chi connectivity index (χ4v) is 4.16. The maximum atomic E-state index is 9.54. The number of hydrogen-bond donors (Lipinski definition) is 1. The van der Waals surface area contributed by atoms with Gasteiger partial charge in [0.25, 0.3) is 0 Å². The van der Waals surface area contributed by atoms with Gasteiger partial charge >= 0.3 is 0 Å². The molecule has 2 saturated heterocycles. The highest BCUT2D eigenvalue weighted by Crippen LogP contribution is 2.27. The molecule has 0 unspecified atom stereocenters. The Kier molecular flexibility index (Phi) is 4.27. The van der Waals surface area contributed by atoms with E-state index in [0.29, 0.717) is 0 Å². The molecule has 124 valence electrons. The smallest absolute Gasteiger partial charge is 0.137 e. The van der Waals surface area contributed by atoms with Gasteiger partial charge in [-0.25, -0.2) is 0 Å². The van der Waals surface area contributed by atoms with Crippen molar-refractivity contribution in [1.29, 1.82) is 0 Å². The van der Waals surface area contributed by atoms with E-state index in [1.165, 1.54) is 63.8 Å². The fraction of sp³-hybridized carbons (Fsp3) is 0.579. The Labute approximate surface area is 137 Å². The second-order valence-electron chi connectivity index (χ2n) is 7.05. The number of rotatable bonds is 3. The molecule has 0 amide bonds. The number of phenols is 1. The minimum Gasteiger partial charge on any atom is -0.508 e. The van der Waals surface area contributed by atoms with Crippen LogP contribution in [0.2, 0.25) is 0 Å². The second kappa shape index (κ2) is 6.54. The Morgan fingerprint density at radius 1 is 1.04 bits per heavy atom. The predicted octanol–water partition coefficient (Wildman–Crippen LogP) is 3.59. The van der Waals surface area contributed by atoms with E-state index in [9.17, 15) is 5.11 Å². The van der Waals surface area contributed by atoms with E-state index >= 15 is 0 Å². The first-order valence-electron chi connectivity index (χ1n) is 8.95. The molecule has 0 aliphatic carbocycles. The molecule has 1 aromatic heterocycles. The van der Waals surface area contributed by atoms with Crippen molar-refractivity contribution in [3.8, 4) is 5.75 Å². The van der Waals surface area contributed by atoms with Crippen molar-refractivity contribution in [3.05, 3.63) is 30.0 Å². The third-order valence-electron chi connectivity index (χ3n) is 5.50. The van der Waals surface area contributed by atoms with E-state index in [0.717, 1.165) is 23.6 Å². The number of benzene rings is 1. The highest BCUT2D eigenvalue weighted by atomic mass is 16.3. The van der Waals surface area contributed by atoms with Gasteiger partial charge in [-0.05, 0) is 64.0 Å². The molecule has 2 aliphatic heterocycles. The molecule has 1 aromatic carbocycles. The van der Waals surface area contributed by atoms with E-state index in [4.69, 9.17) is 4.42 Å². The van der Waals surface area contributed by atoms with Gasteiger partial charge in [-0.15, -0.1) is 0 Å². The van der Waals surface area contributed by atoms with Gasteiger partial charge < -0.3 is 14.4 Å². The largest absolute Gasteiger partial charge is 0.508 e. The molecule has 1 N–H and O–H groups in total. The van der Waals surface area contributed by atoms with Crippen LogP contribution in [0, 0.1) is 0 Å². The standard InChI is InChI=1S/C19H26N2O2/c22-17-4-5-18-15(14-23-19(18)12-17)13-20-10-6-16(7-11-20)21-8-2-1-3-9-21/h4-5,12,14,16,22H,1-3,6-11,13H2. The number of nitrogens with zero attached hydrogens (tertiary/aromatic N) is 2. The normalized spacial score (nSPS) is 21.9. The summed E-state index contributed by atoms with van der Waals surface area (Å²) in [5.74, 6) is 0.265. The lowest BCUT2D eigenvalue weighted by Crippen LogP contribution is -2.46. The average Bonchev–Trinajstić information content (AvgIpc) is 2.98. The predicted molar refractivity (Wildman–Crippen MR) is 91.6 cm³/mol. The summed E-state index contributed by atoms with van der Waals surface area (Å²) < 4.78 is 5.59. The number of hydrogen-bond acceptors (Lipinski definition) is 4. The van der Waals surface area contributed by atoms with E-state index in [-0.39, 0.29) is 5.75 Å². The molecule has 0 saturated carbocycles. The minimum atomic E-state index is 0.265. The Hall–Kier alpha value is -1.52. The molecule has 0 bridgehead atoms. The van der Waals surface area contributed by atoms with Crippen LogP contribution in [-0.2, 0) is 6.54 Å². The maximum Gasteiger partial charge on any atom is 0.137 e. The lowest BCUT2D eigenvalue weighted by atomic mass is 9.99. The molecule has 2 fully saturated rings. The number of piperidine rings is 2. The van der Waals surface area contributed by atoms with Crippen LogP contribution in [0.15, 0.2) is 28.9 Å². The minimum absolute atomic E-state index is 0.265. The number of likely N-dealkylation sites (tertiary alicyclic amines) is 2. The van der Waals surface area contributed by atoms with Crippen LogP contribution < -0.4 is 0 Å². The first kappa shape index (κ1) is 15.0.